The molecule has 0 amide bonds. The van der Waals surface area contributed by atoms with Gasteiger partial charge in [-0.3, -0.25) is 0 Å². The van der Waals surface area contributed by atoms with Crippen LogP contribution in [0.25, 0.3) is 0 Å². The number of methoxy groups -OCH3 is 2. The first-order valence-corrected chi connectivity index (χ1v) is 10.8. The van der Waals surface area contributed by atoms with Gasteiger partial charge in [0.2, 0.25) is 0 Å². The second-order valence-corrected chi connectivity index (χ2v) is 7.63. The standard InChI is InChI=1S/C21H26N2O6S2/c1-6-28-19(24)16-12(3)17(20(25)29-7-2)31-18(16)23-21(30)22-11-13-8-9-14(26-4)15(10-13)27-5/h8-10H,6-7,11H2,1-5H3,(H2,22,23,30). The van der Waals surface area contributed by atoms with Crippen molar-refractivity contribution < 1.29 is 28.5 Å². The minimum atomic E-state index is -0.531. The molecule has 0 saturated carbocycles. The summed E-state index contributed by atoms with van der Waals surface area (Å²) in [5.74, 6) is 0.217. The third-order valence-electron chi connectivity index (χ3n) is 4.22. The van der Waals surface area contributed by atoms with Crippen molar-refractivity contribution in [1.82, 2.24) is 5.32 Å². The van der Waals surface area contributed by atoms with Gasteiger partial charge in [-0.15, -0.1) is 11.3 Å². The average Bonchev–Trinajstić information content (AvgIpc) is 3.08. The van der Waals surface area contributed by atoms with Gasteiger partial charge < -0.3 is 29.6 Å². The van der Waals surface area contributed by atoms with Crippen LogP contribution in [0, 0.1) is 6.92 Å². The van der Waals surface area contributed by atoms with Crippen LogP contribution in [-0.4, -0.2) is 44.5 Å². The van der Waals surface area contributed by atoms with E-state index in [0.717, 1.165) is 16.9 Å². The highest BCUT2D eigenvalue weighted by Gasteiger charge is 2.26. The minimum Gasteiger partial charge on any atom is -0.493 e. The summed E-state index contributed by atoms with van der Waals surface area (Å²) < 4.78 is 20.8. The Kier molecular flexibility index (Phi) is 9.07. The molecule has 0 bridgehead atoms. The molecular weight excluding hydrogens is 440 g/mol. The number of hydrogen-bond acceptors (Lipinski definition) is 8. The number of anilines is 1. The minimum absolute atomic E-state index is 0.213. The molecular formula is C21H26N2O6S2. The molecule has 31 heavy (non-hydrogen) atoms. The molecule has 1 aromatic heterocycles. The zero-order chi connectivity index (χ0) is 23.0. The van der Waals surface area contributed by atoms with Crippen molar-refractivity contribution in [3.8, 4) is 11.5 Å². The van der Waals surface area contributed by atoms with Gasteiger partial charge in [0, 0.05) is 6.54 Å². The van der Waals surface area contributed by atoms with E-state index in [0.29, 0.717) is 33.5 Å². The largest absolute Gasteiger partial charge is 0.493 e. The molecule has 2 rings (SSSR count). The van der Waals surface area contributed by atoms with Gasteiger partial charge in [-0.25, -0.2) is 9.59 Å². The molecule has 1 aromatic carbocycles. The highest BCUT2D eigenvalue weighted by Crippen LogP contribution is 2.34. The van der Waals surface area contributed by atoms with Gasteiger partial charge in [-0.1, -0.05) is 6.07 Å². The molecule has 0 atom stereocenters. The number of thiophene rings is 1. The molecule has 1 heterocycles. The first kappa shape index (κ1) is 24.4. The molecule has 10 heteroatoms. The van der Waals surface area contributed by atoms with Gasteiger partial charge in [-0.2, -0.15) is 0 Å². The van der Waals surface area contributed by atoms with Crippen molar-refractivity contribution in [2.75, 3.05) is 32.8 Å². The van der Waals surface area contributed by atoms with Crippen LogP contribution in [-0.2, 0) is 16.0 Å². The number of carbonyl (C=O) groups excluding carboxylic acids is 2. The van der Waals surface area contributed by atoms with Crippen molar-refractivity contribution >= 4 is 45.6 Å². The van der Waals surface area contributed by atoms with E-state index < -0.39 is 11.9 Å². The lowest BCUT2D eigenvalue weighted by Gasteiger charge is -2.13. The Morgan fingerprint density at radius 2 is 1.68 bits per heavy atom. The third kappa shape index (κ3) is 6.08. The molecule has 0 aliphatic heterocycles. The summed E-state index contributed by atoms with van der Waals surface area (Å²) >= 11 is 6.48. The van der Waals surface area contributed by atoms with Gasteiger partial charge >= 0.3 is 11.9 Å². The molecule has 8 nitrogen and oxygen atoms in total. The number of esters is 2. The molecule has 2 aromatic rings. The first-order chi connectivity index (χ1) is 14.9. The van der Waals surface area contributed by atoms with Crippen LogP contribution in [0.15, 0.2) is 18.2 Å². The number of carbonyl (C=O) groups is 2. The van der Waals surface area contributed by atoms with E-state index in [-0.39, 0.29) is 23.9 Å². The predicted octanol–water partition coefficient (Wildman–Crippen LogP) is 3.91. The van der Waals surface area contributed by atoms with Gasteiger partial charge in [0.25, 0.3) is 0 Å². The maximum atomic E-state index is 12.5. The monoisotopic (exact) mass is 466 g/mol. The van der Waals surface area contributed by atoms with E-state index in [1.165, 1.54) is 0 Å². The van der Waals surface area contributed by atoms with E-state index in [1.54, 1.807) is 41.1 Å². The second kappa shape index (κ2) is 11.5. The van der Waals surface area contributed by atoms with Crippen LogP contribution in [0.2, 0.25) is 0 Å². The summed E-state index contributed by atoms with van der Waals surface area (Å²) in [5.41, 5.74) is 1.68. The Morgan fingerprint density at radius 1 is 1.03 bits per heavy atom. The molecule has 0 aliphatic carbocycles. The van der Waals surface area contributed by atoms with E-state index >= 15 is 0 Å². The van der Waals surface area contributed by atoms with Crippen LogP contribution in [0.1, 0.15) is 45.0 Å². The van der Waals surface area contributed by atoms with Crippen molar-refractivity contribution in [3.05, 3.63) is 39.8 Å². The topological polar surface area (TPSA) is 95.1 Å². The summed E-state index contributed by atoms with van der Waals surface area (Å²) in [6.45, 7) is 5.98. The van der Waals surface area contributed by atoms with Gasteiger partial charge in [0.1, 0.15) is 9.88 Å². The summed E-state index contributed by atoms with van der Waals surface area (Å²) in [6.07, 6.45) is 0. The third-order valence-corrected chi connectivity index (χ3v) is 5.65. The Balaban J connectivity index is 2.18. The van der Waals surface area contributed by atoms with Crippen molar-refractivity contribution in [1.29, 1.82) is 0 Å². The molecule has 2 N–H and O–H groups in total. The van der Waals surface area contributed by atoms with Gasteiger partial charge in [0.05, 0.1) is 33.0 Å². The van der Waals surface area contributed by atoms with Crippen LogP contribution < -0.4 is 20.1 Å². The number of nitrogens with one attached hydrogen (secondary N) is 2. The van der Waals surface area contributed by atoms with Crippen molar-refractivity contribution in [2.45, 2.75) is 27.3 Å². The number of ether oxygens (including phenoxy) is 4. The lowest BCUT2D eigenvalue weighted by Crippen LogP contribution is -2.28. The van der Waals surface area contributed by atoms with E-state index in [1.807, 2.05) is 12.1 Å². The Morgan fingerprint density at radius 3 is 2.29 bits per heavy atom. The molecule has 168 valence electrons. The summed E-state index contributed by atoms with van der Waals surface area (Å²) in [4.78, 5) is 25.1. The fourth-order valence-electron chi connectivity index (χ4n) is 2.76. The predicted molar refractivity (Wildman–Crippen MR) is 124 cm³/mol. The fraction of sp³-hybridized carbons (Fsp3) is 0.381. The molecule has 0 unspecified atom stereocenters. The summed E-state index contributed by atoms with van der Waals surface area (Å²) in [7, 11) is 3.14. The van der Waals surface area contributed by atoms with E-state index in [9.17, 15) is 9.59 Å². The van der Waals surface area contributed by atoms with Crippen LogP contribution >= 0.6 is 23.6 Å². The zero-order valence-electron chi connectivity index (χ0n) is 18.1. The van der Waals surface area contributed by atoms with Crippen LogP contribution in [0.4, 0.5) is 5.00 Å². The lowest BCUT2D eigenvalue weighted by atomic mass is 10.1. The SMILES string of the molecule is CCOC(=O)c1sc(NC(=S)NCc2ccc(OC)c(OC)c2)c(C(=O)OCC)c1C. The Hall–Kier alpha value is -2.85. The highest BCUT2D eigenvalue weighted by molar-refractivity contribution is 7.80. The molecule has 0 saturated heterocycles. The molecule has 0 radical (unpaired) electrons. The molecule has 0 aliphatic rings. The van der Waals surface area contributed by atoms with Crippen LogP contribution in [0.3, 0.4) is 0 Å². The normalized spacial score (nSPS) is 10.2. The number of hydrogen-bond donors (Lipinski definition) is 2. The lowest BCUT2D eigenvalue weighted by molar-refractivity contribution is 0.0527. The van der Waals surface area contributed by atoms with Crippen LogP contribution in [0.5, 0.6) is 11.5 Å². The maximum absolute atomic E-state index is 12.5. The average molecular weight is 467 g/mol. The number of thiocarbonyl (C=S) groups is 1. The van der Waals surface area contributed by atoms with Crippen molar-refractivity contribution in [2.24, 2.45) is 0 Å². The molecule has 0 fully saturated rings. The van der Waals surface area contributed by atoms with Crippen molar-refractivity contribution in [3.63, 3.8) is 0 Å². The first-order valence-electron chi connectivity index (χ1n) is 9.59. The smallest absolute Gasteiger partial charge is 0.348 e. The van der Waals surface area contributed by atoms with E-state index in [4.69, 9.17) is 31.2 Å². The quantitative estimate of drug-likeness (QED) is 0.421. The molecule has 0 spiro atoms. The van der Waals surface area contributed by atoms with E-state index in [2.05, 4.69) is 10.6 Å². The Bertz CT molecular complexity index is 958. The van der Waals surface area contributed by atoms with Gasteiger partial charge in [0.15, 0.2) is 16.6 Å². The van der Waals surface area contributed by atoms with Gasteiger partial charge in [-0.05, 0) is 56.2 Å². The number of benzene rings is 1. The summed E-state index contributed by atoms with van der Waals surface area (Å²) in [6, 6.07) is 5.53. The zero-order valence-corrected chi connectivity index (χ0v) is 19.8. The second-order valence-electron chi connectivity index (χ2n) is 6.20. The summed E-state index contributed by atoms with van der Waals surface area (Å²) in [5, 5.41) is 6.79. The number of rotatable bonds is 9. The fourth-order valence-corrected chi connectivity index (χ4v) is 4.09. The Labute approximate surface area is 190 Å². The highest BCUT2D eigenvalue weighted by atomic mass is 32.1. The maximum Gasteiger partial charge on any atom is 0.348 e.